The molecule has 10 heteroatoms. The number of hydrogen-bond acceptors (Lipinski definition) is 5. The summed E-state index contributed by atoms with van der Waals surface area (Å²) in [4.78, 5) is 0. The molecule has 0 spiro atoms. The van der Waals surface area contributed by atoms with E-state index in [0.29, 0.717) is 0 Å². The maximum Gasteiger partial charge on any atom is 1.00 e. The maximum absolute atomic E-state index is 8.42. The van der Waals surface area contributed by atoms with Gasteiger partial charge in [-0.25, -0.2) is 0 Å². The molecule has 0 aliphatic heterocycles. The molecule has 0 aromatic carbocycles. The number of nitrogens with two attached hydrogens (primary N) is 2. The van der Waals surface area contributed by atoms with Crippen LogP contribution in [0.3, 0.4) is 0 Å². The number of hydrazine groups is 1. The quantitative estimate of drug-likeness (QED) is 0.214. The van der Waals surface area contributed by atoms with Gasteiger partial charge in [-0.15, -0.1) is 0 Å². The summed E-state index contributed by atoms with van der Waals surface area (Å²) in [7, 11) is -2.92. The summed E-state index contributed by atoms with van der Waals surface area (Å²) < 4.78 is 0. The molecule has 0 atom stereocenters. The Morgan fingerprint density at radius 3 is 0.800 bits per heavy atom. The molecule has 0 aromatic heterocycles. The third-order valence-electron chi connectivity index (χ3n) is 0. The van der Waals surface area contributed by atoms with Crippen LogP contribution in [-0.2, 0) is 0 Å². The normalized spacial score (nSPS) is 3.30. The Morgan fingerprint density at radius 1 is 0.800 bits per heavy atom. The minimum atomic E-state index is -2.92. The standard InChI is InChI=1S/BO3.H4N2.3Na.H2O/c2-1(3)4;1-2;;;;/h;1-2H2;;;;1H2/q-3;;3*+1;. The van der Waals surface area contributed by atoms with Crippen LogP contribution in [0.1, 0.15) is 0 Å². The van der Waals surface area contributed by atoms with E-state index in [-0.39, 0.29) is 94.1 Å². The Bertz CT molecular complexity index is 23.2. The second-order valence-electron chi connectivity index (χ2n) is 0.289. The van der Waals surface area contributed by atoms with Crippen molar-refractivity contribution in [1.82, 2.24) is 0 Å². The topological polar surface area (TPSA) is 153 Å². The Kier molecular flexibility index (Phi) is 157. The average molecular weight is 178 g/mol. The first-order valence-electron chi connectivity index (χ1n) is 1.04. The molecule has 0 radical (unpaired) electrons. The summed E-state index contributed by atoms with van der Waals surface area (Å²) >= 11 is 0. The number of rotatable bonds is 0. The van der Waals surface area contributed by atoms with Gasteiger partial charge in [0.15, 0.2) is 0 Å². The molecule has 0 amide bonds. The Balaban J connectivity index is -0.00000000625. The second-order valence-corrected chi connectivity index (χ2v) is 0.289. The second kappa shape index (κ2) is 40.8. The van der Waals surface area contributed by atoms with Crippen LogP contribution in [0.2, 0.25) is 0 Å². The van der Waals surface area contributed by atoms with Gasteiger partial charge in [0.1, 0.15) is 0 Å². The largest absolute Gasteiger partial charge is 1.00 e. The summed E-state index contributed by atoms with van der Waals surface area (Å²) in [6, 6.07) is 0. The van der Waals surface area contributed by atoms with Crippen LogP contribution in [0.25, 0.3) is 0 Å². The Labute approximate surface area is 126 Å². The van der Waals surface area contributed by atoms with E-state index in [9.17, 15) is 0 Å². The average Bonchev–Trinajstić information content (AvgIpc) is 1.41. The van der Waals surface area contributed by atoms with Crippen molar-refractivity contribution < 1.29 is 109 Å². The monoisotopic (exact) mass is 178 g/mol. The van der Waals surface area contributed by atoms with Gasteiger partial charge in [-0.2, -0.15) is 0 Å². The molecule has 0 aromatic rings. The molecule has 6 N–H and O–H groups in total. The fourth-order valence-electron chi connectivity index (χ4n) is 0. The SMILES string of the molecule is NN.O.[Na+].[Na+].[Na+].[O-]B([O-])[O-]. The smallest absolute Gasteiger partial charge is 0.907 e. The molecule has 0 saturated heterocycles. The molecule has 0 aliphatic carbocycles. The predicted molar refractivity (Wildman–Crippen MR) is 17.7 cm³/mol. The van der Waals surface area contributed by atoms with Crippen molar-refractivity contribution in [3.05, 3.63) is 0 Å². The van der Waals surface area contributed by atoms with Crippen molar-refractivity contribution in [3.8, 4) is 0 Å². The van der Waals surface area contributed by atoms with E-state index >= 15 is 0 Å². The van der Waals surface area contributed by atoms with Crippen LogP contribution in [0.4, 0.5) is 0 Å². The first kappa shape index (κ1) is 38.5. The molecule has 0 saturated carbocycles. The summed E-state index contributed by atoms with van der Waals surface area (Å²) in [5.74, 6) is 8.00. The van der Waals surface area contributed by atoms with E-state index in [0.717, 1.165) is 0 Å². The summed E-state index contributed by atoms with van der Waals surface area (Å²) in [6.07, 6.45) is 0. The fraction of sp³-hybridized carbons (Fsp3) is 0. The molecule has 6 nitrogen and oxygen atoms in total. The third kappa shape index (κ3) is 131. The van der Waals surface area contributed by atoms with Crippen molar-refractivity contribution in [2.45, 2.75) is 0 Å². The van der Waals surface area contributed by atoms with Gasteiger partial charge in [0.25, 0.3) is 0 Å². The molecule has 0 rings (SSSR count). The summed E-state index contributed by atoms with van der Waals surface area (Å²) in [6.45, 7) is 0. The van der Waals surface area contributed by atoms with E-state index < -0.39 is 7.32 Å². The van der Waals surface area contributed by atoms with E-state index in [1.165, 1.54) is 0 Å². The van der Waals surface area contributed by atoms with Gasteiger partial charge >= 0.3 is 88.7 Å². The van der Waals surface area contributed by atoms with E-state index in [2.05, 4.69) is 11.7 Å². The van der Waals surface area contributed by atoms with Gasteiger partial charge in [0.2, 0.25) is 0 Å². The van der Waals surface area contributed by atoms with E-state index in [4.69, 9.17) is 15.1 Å². The maximum atomic E-state index is 8.42. The minimum absolute atomic E-state index is 0. The first-order valence-corrected chi connectivity index (χ1v) is 1.04. The van der Waals surface area contributed by atoms with E-state index in [1.54, 1.807) is 0 Å². The van der Waals surface area contributed by atoms with Crippen molar-refractivity contribution in [2.75, 3.05) is 0 Å². The van der Waals surface area contributed by atoms with Crippen molar-refractivity contribution in [1.29, 1.82) is 0 Å². The molecule has 0 fully saturated rings. The van der Waals surface area contributed by atoms with Crippen molar-refractivity contribution in [3.63, 3.8) is 0 Å². The van der Waals surface area contributed by atoms with Gasteiger partial charge in [-0.1, -0.05) is 0 Å². The van der Waals surface area contributed by atoms with Gasteiger partial charge in [-0.3, -0.25) is 19.0 Å². The van der Waals surface area contributed by atoms with Crippen LogP contribution in [-0.4, -0.2) is 12.8 Å². The Hall–Kier alpha value is 2.82. The zero-order chi connectivity index (χ0) is 5.58. The third-order valence-corrected chi connectivity index (χ3v) is 0. The van der Waals surface area contributed by atoms with Gasteiger partial charge in [0, 0.05) is 0 Å². The predicted octanol–water partition coefficient (Wildman–Crippen LogP) is -14.9. The van der Waals surface area contributed by atoms with Gasteiger partial charge in [0.05, 0.1) is 0 Å². The van der Waals surface area contributed by atoms with Crippen LogP contribution in [0.15, 0.2) is 0 Å². The molecular weight excluding hydrogens is 172 g/mol. The van der Waals surface area contributed by atoms with E-state index in [1.807, 2.05) is 0 Å². The molecule has 10 heavy (non-hydrogen) atoms. The molecule has 46 valence electrons. The molecular formula is H6BN2Na3O4. The van der Waals surface area contributed by atoms with Crippen LogP contribution in [0.5, 0.6) is 0 Å². The number of hydrogen-bond donors (Lipinski definition) is 2. The molecule has 0 bridgehead atoms. The first-order chi connectivity index (χ1) is 2.73. The van der Waals surface area contributed by atoms with Crippen LogP contribution in [0, 0.1) is 0 Å². The zero-order valence-corrected chi connectivity index (χ0v) is 12.5. The van der Waals surface area contributed by atoms with Crippen LogP contribution < -0.4 is 115 Å². The van der Waals surface area contributed by atoms with Crippen molar-refractivity contribution in [2.24, 2.45) is 11.7 Å². The summed E-state index contributed by atoms with van der Waals surface area (Å²) in [5.41, 5.74) is 0. The van der Waals surface area contributed by atoms with Crippen LogP contribution >= 0.6 is 0 Å². The fourth-order valence-corrected chi connectivity index (χ4v) is 0. The van der Waals surface area contributed by atoms with Gasteiger partial charge in [-0.05, 0) is 0 Å². The summed E-state index contributed by atoms with van der Waals surface area (Å²) in [5, 5.41) is 25.2. The Morgan fingerprint density at radius 2 is 0.800 bits per heavy atom. The van der Waals surface area contributed by atoms with Gasteiger partial charge < -0.3 is 20.5 Å². The minimum Gasteiger partial charge on any atom is -0.907 e. The van der Waals surface area contributed by atoms with Crippen molar-refractivity contribution >= 4 is 7.32 Å². The molecule has 0 aliphatic rings. The zero-order valence-electron chi connectivity index (χ0n) is 6.46. The molecule has 0 unspecified atom stereocenters. The molecule has 0 heterocycles.